The maximum Gasteiger partial charge on any atom is 0.160 e. The molecule has 5 atom stereocenters. The number of nitrogens with zero attached hydrogens (tertiary/aromatic N) is 1. The molecule has 26 heavy (non-hydrogen) atoms. The van der Waals surface area contributed by atoms with Crippen LogP contribution >= 0.6 is 0 Å². The maximum atomic E-state index is 14.0. The monoisotopic (exact) mass is 362 g/mol. The molecule has 0 aromatic carbocycles. The second kappa shape index (κ2) is 6.72. The lowest BCUT2D eigenvalue weighted by Crippen LogP contribution is -2.59. The first-order valence-corrected chi connectivity index (χ1v) is 10.4. The first kappa shape index (κ1) is 20.0. The molecule has 0 amide bonds. The van der Waals surface area contributed by atoms with Crippen LogP contribution in [0.2, 0.25) is 0 Å². The highest BCUT2D eigenvalue weighted by atomic mass is 16.3. The maximum absolute atomic E-state index is 14.0. The van der Waals surface area contributed by atoms with Crippen LogP contribution in [0.1, 0.15) is 73.6 Å². The molecular formula is C22H38N2O2. The number of ketones is 1. The Balaban J connectivity index is 1.92. The van der Waals surface area contributed by atoms with Gasteiger partial charge in [0, 0.05) is 29.5 Å². The number of carbonyl (C=O) groups is 1. The lowest BCUT2D eigenvalue weighted by molar-refractivity contribution is -0.138. The average Bonchev–Trinajstić information content (AvgIpc) is 3.06. The van der Waals surface area contributed by atoms with Gasteiger partial charge < -0.3 is 5.11 Å². The van der Waals surface area contributed by atoms with E-state index in [4.69, 9.17) is 0 Å². The number of carbonyl (C=O) groups excluding carboxylic acids is 1. The Hall–Kier alpha value is -0.710. The number of hydrogen-bond donors (Lipinski definition) is 2. The molecule has 1 saturated heterocycles. The molecule has 0 bridgehead atoms. The van der Waals surface area contributed by atoms with Gasteiger partial charge in [-0.3, -0.25) is 15.0 Å². The molecule has 5 unspecified atom stereocenters. The van der Waals surface area contributed by atoms with Gasteiger partial charge in [-0.05, 0) is 79.6 Å². The summed E-state index contributed by atoms with van der Waals surface area (Å²) in [6, 6.07) is 0. The van der Waals surface area contributed by atoms with Crippen LogP contribution in [0.25, 0.3) is 0 Å². The quantitative estimate of drug-likeness (QED) is 0.583. The number of aliphatic hydroxyl groups excluding tert-OH is 1. The minimum atomic E-state index is -0.617. The van der Waals surface area contributed by atoms with Gasteiger partial charge in [-0.15, -0.1) is 0 Å². The number of rotatable bonds is 2. The molecule has 2 N–H and O–H groups in total. The van der Waals surface area contributed by atoms with Crippen LogP contribution in [0.3, 0.4) is 0 Å². The molecule has 0 radical (unpaired) electrons. The van der Waals surface area contributed by atoms with Crippen LogP contribution < -0.4 is 5.32 Å². The third-order valence-corrected chi connectivity index (χ3v) is 6.62. The highest BCUT2D eigenvalue weighted by molar-refractivity contribution is 5.94. The summed E-state index contributed by atoms with van der Waals surface area (Å²) in [5.74, 6) is 0.714. The first-order chi connectivity index (χ1) is 12.0. The molecule has 2 fully saturated rings. The van der Waals surface area contributed by atoms with E-state index < -0.39 is 11.8 Å². The van der Waals surface area contributed by atoms with Crippen LogP contribution in [0.4, 0.5) is 0 Å². The van der Waals surface area contributed by atoms with Crippen molar-refractivity contribution in [2.24, 2.45) is 17.8 Å². The summed E-state index contributed by atoms with van der Waals surface area (Å²) in [5.41, 5.74) is -0.666. The molecular weight excluding hydrogens is 324 g/mol. The van der Waals surface area contributed by atoms with Gasteiger partial charge >= 0.3 is 0 Å². The number of likely N-dealkylation sites (tertiary alicyclic amines) is 1. The van der Waals surface area contributed by atoms with E-state index in [0.717, 1.165) is 38.6 Å². The fourth-order valence-electron chi connectivity index (χ4n) is 5.71. The fraction of sp³-hybridized carbons (Fsp3) is 0.864. The van der Waals surface area contributed by atoms with E-state index in [9.17, 15) is 9.90 Å². The van der Waals surface area contributed by atoms with Crippen LogP contribution in [-0.4, -0.2) is 45.2 Å². The summed E-state index contributed by atoms with van der Waals surface area (Å²) >= 11 is 0. The van der Waals surface area contributed by atoms with Crippen molar-refractivity contribution in [3.05, 3.63) is 12.2 Å². The van der Waals surface area contributed by atoms with E-state index in [1.165, 1.54) is 0 Å². The Morgan fingerprint density at radius 1 is 1.23 bits per heavy atom. The summed E-state index contributed by atoms with van der Waals surface area (Å²) in [7, 11) is 0. The predicted octanol–water partition coefficient (Wildman–Crippen LogP) is 3.50. The molecule has 0 aromatic heterocycles. The van der Waals surface area contributed by atoms with Crippen molar-refractivity contribution in [2.45, 2.75) is 96.5 Å². The van der Waals surface area contributed by atoms with Gasteiger partial charge in [-0.2, -0.15) is 0 Å². The largest absolute Gasteiger partial charge is 0.378 e. The third kappa shape index (κ3) is 3.53. The number of Topliss-reactive ketones (excluding diaryl/α,β-unsaturated/α-hetero) is 1. The lowest BCUT2D eigenvalue weighted by Gasteiger charge is -2.45. The minimum absolute atomic E-state index is 0.0194. The minimum Gasteiger partial charge on any atom is -0.378 e. The number of fused-ring (bicyclic) bond motifs is 1. The molecule has 3 aliphatic rings. The molecule has 0 aromatic rings. The van der Waals surface area contributed by atoms with Crippen molar-refractivity contribution < 1.29 is 9.90 Å². The zero-order valence-electron chi connectivity index (χ0n) is 17.5. The second-order valence-corrected chi connectivity index (χ2v) is 10.7. The van der Waals surface area contributed by atoms with E-state index in [1.54, 1.807) is 0 Å². The second-order valence-electron chi connectivity index (χ2n) is 10.7. The topological polar surface area (TPSA) is 52.6 Å². The summed E-state index contributed by atoms with van der Waals surface area (Å²) in [5, 5.41) is 14.2. The SMILES string of the molecule is CC(C)(C)NC(O)C1CCC2CC=CC3(CCCN3C(C)(C)C)C(=O)C21. The molecule has 1 saturated carbocycles. The van der Waals surface area contributed by atoms with Gasteiger partial charge in [0.15, 0.2) is 5.78 Å². The Morgan fingerprint density at radius 3 is 2.54 bits per heavy atom. The van der Waals surface area contributed by atoms with E-state index in [2.05, 4.69) is 63.9 Å². The summed E-state index contributed by atoms with van der Waals surface area (Å²) in [4.78, 5) is 16.4. The van der Waals surface area contributed by atoms with Crippen molar-refractivity contribution in [1.29, 1.82) is 0 Å². The third-order valence-electron chi connectivity index (χ3n) is 6.62. The van der Waals surface area contributed by atoms with E-state index in [-0.39, 0.29) is 22.9 Å². The van der Waals surface area contributed by atoms with Crippen molar-refractivity contribution in [3.8, 4) is 0 Å². The van der Waals surface area contributed by atoms with Gasteiger partial charge in [0.05, 0.1) is 5.54 Å². The zero-order valence-corrected chi connectivity index (χ0v) is 17.5. The molecule has 2 aliphatic carbocycles. The van der Waals surface area contributed by atoms with Gasteiger partial charge in [0.1, 0.15) is 6.23 Å². The molecule has 4 heteroatoms. The van der Waals surface area contributed by atoms with Gasteiger partial charge in [-0.1, -0.05) is 12.2 Å². The van der Waals surface area contributed by atoms with Crippen molar-refractivity contribution in [2.75, 3.05) is 6.54 Å². The van der Waals surface area contributed by atoms with Crippen LogP contribution in [0, 0.1) is 17.8 Å². The van der Waals surface area contributed by atoms with Gasteiger partial charge in [0.2, 0.25) is 0 Å². The summed E-state index contributed by atoms with van der Waals surface area (Å²) in [6.07, 6.45) is 8.79. The van der Waals surface area contributed by atoms with Crippen molar-refractivity contribution in [1.82, 2.24) is 10.2 Å². The lowest BCUT2D eigenvalue weighted by atomic mass is 9.75. The highest BCUT2D eigenvalue weighted by Gasteiger charge is 2.56. The molecule has 1 spiro atoms. The van der Waals surface area contributed by atoms with E-state index in [1.807, 2.05) is 0 Å². The Labute approximate surface area is 159 Å². The van der Waals surface area contributed by atoms with Gasteiger partial charge in [0.25, 0.3) is 0 Å². The normalized spacial score (nSPS) is 37.2. The predicted molar refractivity (Wildman–Crippen MR) is 106 cm³/mol. The average molecular weight is 363 g/mol. The fourth-order valence-corrected chi connectivity index (χ4v) is 5.71. The first-order valence-electron chi connectivity index (χ1n) is 10.4. The van der Waals surface area contributed by atoms with Crippen LogP contribution in [0.5, 0.6) is 0 Å². The Kier molecular flexibility index (Phi) is 5.18. The smallest absolute Gasteiger partial charge is 0.160 e. The van der Waals surface area contributed by atoms with Gasteiger partial charge in [-0.25, -0.2) is 0 Å². The number of hydrogen-bond acceptors (Lipinski definition) is 4. The molecule has 4 nitrogen and oxygen atoms in total. The standard InChI is InChI=1S/C22H38N2O2/c1-20(2,3)23-19(26)16-11-10-15-9-7-12-22(18(25)17(15)16)13-8-14-24(22)21(4,5)6/h7,12,15-17,19,23,26H,8-11,13-14H2,1-6H3. The molecule has 1 aliphatic heterocycles. The Morgan fingerprint density at radius 2 is 1.92 bits per heavy atom. The molecule has 3 rings (SSSR count). The highest BCUT2D eigenvalue weighted by Crippen LogP contribution is 2.49. The molecule has 148 valence electrons. The number of nitrogens with one attached hydrogen (secondary N) is 1. The van der Waals surface area contributed by atoms with Crippen molar-refractivity contribution in [3.63, 3.8) is 0 Å². The molecule has 1 heterocycles. The van der Waals surface area contributed by atoms with Crippen LogP contribution in [0.15, 0.2) is 12.2 Å². The zero-order chi connectivity index (χ0) is 19.3. The summed E-state index contributed by atoms with van der Waals surface area (Å²) in [6.45, 7) is 13.8. The van der Waals surface area contributed by atoms with E-state index in [0.29, 0.717) is 11.7 Å². The van der Waals surface area contributed by atoms with Crippen LogP contribution in [-0.2, 0) is 4.79 Å². The Bertz CT molecular complexity index is 572. The number of aliphatic hydroxyl groups is 1. The summed E-state index contributed by atoms with van der Waals surface area (Å²) < 4.78 is 0. The van der Waals surface area contributed by atoms with E-state index >= 15 is 0 Å². The number of allylic oxidation sites excluding steroid dienone is 1. The van der Waals surface area contributed by atoms with Crippen molar-refractivity contribution >= 4 is 5.78 Å².